The van der Waals surface area contributed by atoms with Crippen LogP contribution in [0, 0.1) is 5.92 Å². The van der Waals surface area contributed by atoms with Crippen LogP contribution < -0.4 is 15.4 Å². The highest BCUT2D eigenvalue weighted by Crippen LogP contribution is 2.28. The molecule has 1 unspecified atom stereocenters. The van der Waals surface area contributed by atoms with Gasteiger partial charge in [0.1, 0.15) is 0 Å². The Balaban J connectivity index is 1.58. The molecule has 7 heteroatoms. The minimum absolute atomic E-state index is 0.0628. The van der Waals surface area contributed by atoms with Crippen LogP contribution in [0.2, 0.25) is 0 Å². The summed E-state index contributed by atoms with van der Waals surface area (Å²) in [7, 11) is -3.46. The Hall–Kier alpha value is -1.44. The SMILES string of the molecule is O=C(Nc1ccc(S(=O)(=O)NCC2CC2)cc1)C1CCCCN1. The molecule has 0 radical (unpaired) electrons. The molecule has 3 N–H and O–H groups in total. The second-order valence-corrected chi connectivity index (χ2v) is 8.08. The summed E-state index contributed by atoms with van der Waals surface area (Å²) >= 11 is 0. The Labute approximate surface area is 137 Å². The predicted molar refractivity (Wildman–Crippen MR) is 88.6 cm³/mol. The lowest BCUT2D eigenvalue weighted by Gasteiger charge is -2.22. The topological polar surface area (TPSA) is 87.3 Å². The van der Waals surface area contributed by atoms with Crippen molar-refractivity contribution in [1.82, 2.24) is 10.0 Å². The molecule has 1 heterocycles. The number of piperidine rings is 1. The number of benzene rings is 1. The number of hydrogen-bond acceptors (Lipinski definition) is 4. The third-order valence-electron chi connectivity index (χ3n) is 4.32. The Morgan fingerprint density at radius 2 is 1.87 bits per heavy atom. The molecule has 1 aromatic carbocycles. The fourth-order valence-corrected chi connectivity index (χ4v) is 3.77. The highest BCUT2D eigenvalue weighted by atomic mass is 32.2. The van der Waals surface area contributed by atoms with Crippen molar-refractivity contribution in [2.75, 3.05) is 18.4 Å². The molecule has 6 nitrogen and oxygen atoms in total. The summed E-state index contributed by atoms with van der Waals surface area (Å²) in [6, 6.07) is 6.16. The lowest BCUT2D eigenvalue weighted by atomic mass is 10.0. The number of amides is 1. The van der Waals surface area contributed by atoms with Crippen molar-refractivity contribution in [3.05, 3.63) is 24.3 Å². The first-order valence-corrected chi connectivity index (χ1v) is 9.67. The molecule has 0 spiro atoms. The van der Waals surface area contributed by atoms with Gasteiger partial charge >= 0.3 is 0 Å². The van der Waals surface area contributed by atoms with E-state index < -0.39 is 10.0 Å². The molecule has 1 saturated heterocycles. The average Bonchev–Trinajstić information content (AvgIpc) is 3.39. The normalized spacial score (nSPS) is 21.8. The first-order chi connectivity index (χ1) is 11.0. The molecule has 1 aliphatic heterocycles. The number of carbonyl (C=O) groups is 1. The lowest BCUT2D eigenvalue weighted by Crippen LogP contribution is -2.43. The maximum Gasteiger partial charge on any atom is 0.241 e. The van der Waals surface area contributed by atoms with Crippen LogP contribution in [0.3, 0.4) is 0 Å². The monoisotopic (exact) mass is 337 g/mol. The van der Waals surface area contributed by atoms with Crippen LogP contribution in [0.5, 0.6) is 0 Å². The number of carbonyl (C=O) groups excluding carboxylic acids is 1. The molecule has 0 aromatic heterocycles. The van der Waals surface area contributed by atoms with Gasteiger partial charge in [-0.1, -0.05) is 6.42 Å². The Morgan fingerprint density at radius 3 is 2.48 bits per heavy atom. The third-order valence-corrected chi connectivity index (χ3v) is 5.76. The van der Waals surface area contributed by atoms with Crippen LogP contribution in [0.15, 0.2) is 29.2 Å². The Morgan fingerprint density at radius 1 is 1.13 bits per heavy atom. The van der Waals surface area contributed by atoms with Crippen molar-refractivity contribution >= 4 is 21.6 Å². The van der Waals surface area contributed by atoms with E-state index in [4.69, 9.17) is 0 Å². The van der Waals surface area contributed by atoms with Crippen molar-refractivity contribution in [2.24, 2.45) is 5.92 Å². The third kappa shape index (κ3) is 4.53. The molecule has 1 aliphatic carbocycles. The number of nitrogens with one attached hydrogen (secondary N) is 3. The summed E-state index contributed by atoms with van der Waals surface area (Å²) in [6.07, 6.45) is 5.19. The maximum atomic E-state index is 12.1. The quantitative estimate of drug-likeness (QED) is 0.733. The summed E-state index contributed by atoms with van der Waals surface area (Å²) in [6.45, 7) is 1.37. The van der Waals surface area contributed by atoms with Gasteiger partial charge in [-0.3, -0.25) is 4.79 Å². The van der Waals surface area contributed by atoms with Crippen LogP contribution in [0.1, 0.15) is 32.1 Å². The number of hydrogen-bond donors (Lipinski definition) is 3. The van der Waals surface area contributed by atoms with Crippen molar-refractivity contribution in [1.29, 1.82) is 0 Å². The highest BCUT2D eigenvalue weighted by molar-refractivity contribution is 7.89. The van der Waals surface area contributed by atoms with Gasteiger partial charge in [0.2, 0.25) is 15.9 Å². The number of sulfonamides is 1. The van der Waals surface area contributed by atoms with Gasteiger partial charge in [0.15, 0.2) is 0 Å². The van der Waals surface area contributed by atoms with Gasteiger partial charge in [-0.2, -0.15) is 0 Å². The molecule has 126 valence electrons. The number of rotatable bonds is 6. The minimum atomic E-state index is -3.46. The Bertz CT molecular complexity index is 648. The van der Waals surface area contributed by atoms with E-state index in [-0.39, 0.29) is 16.8 Å². The lowest BCUT2D eigenvalue weighted by molar-refractivity contribution is -0.118. The smallest absolute Gasteiger partial charge is 0.241 e. The minimum Gasteiger partial charge on any atom is -0.325 e. The van der Waals surface area contributed by atoms with Crippen LogP contribution in [0.25, 0.3) is 0 Å². The molecule has 2 aliphatic rings. The molecule has 1 aromatic rings. The molecule has 2 fully saturated rings. The summed E-state index contributed by atoms with van der Waals surface area (Å²) in [5, 5.41) is 6.02. The van der Waals surface area contributed by atoms with Crippen LogP contribution in [0.4, 0.5) is 5.69 Å². The van der Waals surface area contributed by atoms with Gasteiger partial charge in [0, 0.05) is 12.2 Å². The molecule has 0 bridgehead atoms. The van der Waals surface area contributed by atoms with Gasteiger partial charge in [-0.25, -0.2) is 13.1 Å². The molecule has 1 atom stereocenters. The first-order valence-electron chi connectivity index (χ1n) is 8.18. The van der Waals surface area contributed by atoms with Crippen LogP contribution in [-0.2, 0) is 14.8 Å². The zero-order valence-corrected chi connectivity index (χ0v) is 13.9. The first kappa shape index (κ1) is 16.4. The zero-order chi connectivity index (χ0) is 16.3. The maximum absolute atomic E-state index is 12.1. The second kappa shape index (κ2) is 6.98. The largest absolute Gasteiger partial charge is 0.325 e. The van der Waals surface area contributed by atoms with Crippen LogP contribution >= 0.6 is 0 Å². The van der Waals surface area contributed by atoms with Crippen molar-refractivity contribution in [2.45, 2.75) is 43.0 Å². The standard InChI is InChI=1S/C16H23N3O3S/c20-16(15-3-1-2-10-17-15)19-13-6-8-14(9-7-13)23(21,22)18-11-12-4-5-12/h6-9,12,15,17-18H,1-5,10-11H2,(H,19,20). The van der Waals surface area contributed by atoms with Crippen molar-refractivity contribution < 1.29 is 13.2 Å². The van der Waals surface area contributed by atoms with E-state index in [1.54, 1.807) is 12.1 Å². The van der Waals surface area contributed by atoms with Gasteiger partial charge in [0.25, 0.3) is 0 Å². The molecule has 23 heavy (non-hydrogen) atoms. The fourth-order valence-electron chi connectivity index (χ4n) is 2.66. The molecular weight excluding hydrogens is 314 g/mol. The van der Waals surface area contributed by atoms with Crippen molar-refractivity contribution in [3.63, 3.8) is 0 Å². The van der Waals surface area contributed by atoms with Gasteiger partial charge in [-0.15, -0.1) is 0 Å². The van der Waals surface area contributed by atoms with Crippen LogP contribution in [-0.4, -0.2) is 33.5 Å². The van der Waals surface area contributed by atoms with E-state index in [9.17, 15) is 13.2 Å². The second-order valence-electron chi connectivity index (χ2n) is 6.31. The molecular formula is C16H23N3O3S. The van der Waals surface area contributed by atoms with E-state index >= 15 is 0 Å². The average molecular weight is 337 g/mol. The van der Waals surface area contributed by atoms with Crippen molar-refractivity contribution in [3.8, 4) is 0 Å². The van der Waals surface area contributed by atoms with Gasteiger partial charge in [-0.05, 0) is 62.4 Å². The summed E-state index contributed by atoms with van der Waals surface area (Å²) in [5.74, 6) is 0.429. The van der Waals surface area contributed by atoms with E-state index in [1.807, 2.05) is 0 Å². The molecule has 3 rings (SSSR count). The van der Waals surface area contributed by atoms with E-state index in [0.717, 1.165) is 38.6 Å². The summed E-state index contributed by atoms with van der Waals surface area (Å²) < 4.78 is 26.9. The van der Waals surface area contributed by atoms with Gasteiger partial charge in [0.05, 0.1) is 10.9 Å². The summed E-state index contributed by atoms with van der Waals surface area (Å²) in [5.41, 5.74) is 0.614. The highest BCUT2D eigenvalue weighted by Gasteiger charge is 2.24. The summed E-state index contributed by atoms with van der Waals surface area (Å²) in [4.78, 5) is 12.4. The molecule has 1 saturated carbocycles. The van der Waals surface area contributed by atoms with Gasteiger partial charge < -0.3 is 10.6 Å². The zero-order valence-electron chi connectivity index (χ0n) is 13.0. The van der Waals surface area contributed by atoms with E-state index in [1.165, 1.54) is 12.1 Å². The number of anilines is 1. The Kier molecular flexibility index (Phi) is 4.99. The fraction of sp³-hybridized carbons (Fsp3) is 0.562. The van der Waals surface area contributed by atoms with E-state index in [0.29, 0.717) is 18.2 Å². The van der Waals surface area contributed by atoms with E-state index in [2.05, 4.69) is 15.4 Å². The predicted octanol–water partition coefficient (Wildman–Crippen LogP) is 1.46. The molecule has 1 amide bonds.